The van der Waals surface area contributed by atoms with Crippen LogP contribution in [0.2, 0.25) is 0 Å². The van der Waals surface area contributed by atoms with E-state index >= 15 is 0 Å². The number of para-hydroxylation sites is 2. The Labute approximate surface area is 298 Å². The molecule has 0 amide bonds. The van der Waals surface area contributed by atoms with Gasteiger partial charge in [-0.3, -0.25) is 15.4 Å². The maximum absolute atomic E-state index is 10.1. The Hall–Kier alpha value is -7.04. The fourth-order valence-corrected chi connectivity index (χ4v) is 8.58. The van der Waals surface area contributed by atoms with Gasteiger partial charge in [-0.25, -0.2) is 0 Å². The number of benzene rings is 8. The summed E-state index contributed by atoms with van der Waals surface area (Å²) in [5.74, 6) is 0.345. The number of rotatable bonds is 4. The van der Waals surface area contributed by atoms with Gasteiger partial charge < -0.3 is 4.40 Å². The van der Waals surface area contributed by atoms with Gasteiger partial charge in [0, 0.05) is 49.0 Å². The summed E-state index contributed by atoms with van der Waals surface area (Å²) in [6, 6.07) is 59.1. The van der Waals surface area contributed by atoms with Crippen LogP contribution in [0.5, 0.6) is 0 Å². The Morgan fingerprint density at radius 3 is 1.77 bits per heavy atom. The van der Waals surface area contributed by atoms with Crippen molar-refractivity contribution in [2.45, 2.75) is 0 Å². The first-order valence-corrected chi connectivity index (χ1v) is 17.6. The van der Waals surface area contributed by atoms with Gasteiger partial charge in [-0.15, -0.1) is 0 Å². The van der Waals surface area contributed by atoms with Gasteiger partial charge in [0.1, 0.15) is 5.84 Å². The van der Waals surface area contributed by atoms with Gasteiger partial charge in [-0.05, 0) is 52.2 Å². The molecular formula is C48H30N4. The third-order valence-electron chi connectivity index (χ3n) is 10.9. The monoisotopic (exact) mass is 662 g/mol. The van der Waals surface area contributed by atoms with Crippen molar-refractivity contribution in [3.05, 3.63) is 187 Å². The van der Waals surface area contributed by atoms with Crippen molar-refractivity contribution in [1.82, 2.24) is 8.97 Å². The zero-order valence-electron chi connectivity index (χ0n) is 28.1. The Balaban J connectivity index is 1.19. The van der Waals surface area contributed by atoms with Crippen LogP contribution in [0.3, 0.4) is 0 Å². The number of nitrogens with one attached hydrogen (secondary N) is 2. The molecule has 0 spiro atoms. The average molecular weight is 663 g/mol. The van der Waals surface area contributed by atoms with Crippen LogP contribution in [-0.2, 0) is 0 Å². The maximum atomic E-state index is 10.1. The molecule has 0 unspecified atom stereocenters. The van der Waals surface area contributed by atoms with Crippen LogP contribution >= 0.6 is 0 Å². The van der Waals surface area contributed by atoms with Gasteiger partial charge in [-0.1, -0.05) is 140 Å². The normalized spacial score (nSPS) is 12.0. The lowest BCUT2D eigenvalue weighted by atomic mass is 9.95. The van der Waals surface area contributed by atoms with Crippen molar-refractivity contribution < 1.29 is 0 Å². The average Bonchev–Trinajstić information content (AvgIpc) is 3.84. The van der Waals surface area contributed by atoms with Crippen LogP contribution in [0, 0.1) is 10.8 Å². The molecule has 0 aliphatic carbocycles. The minimum atomic E-state index is 0.345. The third kappa shape index (κ3) is 3.92. The molecule has 242 valence electrons. The van der Waals surface area contributed by atoms with Gasteiger partial charge in [0.05, 0.1) is 33.3 Å². The van der Waals surface area contributed by atoms with E-state index in [-0.39, 0.29) is 0 Å². The largest absolute Gasteiger partial charge is 0.308 e. The van der Waals surface area contributed by atoms with Crippen molar-refractivity contribution in [1.29, 1.82) is 10.8 Å². The van der Waals surface area contributed by atoms with Gasteiger partial charge in [0.25, 0.3) is 0 Å². The highest BCUT2D eigenvalue weighted by atomic mass is 15.0. The molecule has 0 fully saturated rings. The number of hydrogen-bond acceptors (Lipinski definition) is 2. The molecule has 0 saturated carbocycles. The van der Waals surface area contributed by atoms with E-state index in [2.05, 4.69) is 124 Å². The lowest BCUT2D eigenvalue weighted by Crippen LogP contribution is -2.17. The highest BCUT2D eigenvalue weighted by Gasteiger charge is 2.26. The summed E-state index contributed by atoms with van der Waals surface area (Å²) in [4.78, 5) is 0. The summed E-state index contributed by atoms with van der Waals surface area (Å²) in [6.07, 6.45) is 0. The molecular weight excluding hydrogens is 633 g/mol. The zero-order valence-corrected chi connectivity index (χ0v) is 28.1. The summed E-state index contributed by atoms with van der Waals surface area (Å²) >= 11 is 0. The molecule has 11 aromatic rings. The molecule has 0 radical (unpaired) electrons. The number of hydrogen-bond donors (Lipinski definition) is 2. The molecule has 0 saturated heterocycles. The van der Waals surface area contributed by atoms with Crippen molar-refractivity contribution in [2.75, 3.05) is 0 Å². The van der Waals surface area contributed by atoms with Gasteiger partial charge in [0.2, 0.25) is 0 Å². The Bertz CT molecular complexity index is 3250. The fourth-order valence-electron chi connectivity index (χ4n) is 8.58. The molecule has 0 aliphatic heterocycles. The van der Waals surface area contributed by atoms with Crippen LogP contribution in [-0.4, -0.2) is 20.5 Å². The van der Waals surface area contributed by atoms with E-state index in [0.717, 1.165) is 49.4 Å². The van der Waals surface area contributed by atoms with Gasteiger partial charge in [0.15, 0.2) is 0 Å². The minimum absolute atomic E-state index is 0.345. The highest BCUT2D eigenvalue weighted by Crippen LogP contribution is 2.46. The predicted molar refractivity (Wildman–Crippen MR) is 218 cm³/mol. The molecule has 0 atom stereocenters. The first-order chi connectivity index (χ1) is 25.7. The smallest absolute Gasteiger partial charge is 0.137 e. The maximum Gasteiger partial charge on any atom is 0.137 e. The van der Waals surface area contributed by atoms with Crippen LogP contribution < -0.4 is 0 Å². The SMILES string of the molecule is N=C(c1ccc(-c2ccccc2)cc1)c1ccccc1C(=N)n1c2cc3ccccc3cc2c2c3c4ccccc4n4c5ccccc5c(cc21)c34. The molecule has 2 N–H and O–H groups in total. The van der Waals surface area contributed by atoms with Gasteiger partial charge >= 0.3 is 0 Å². The second-order valence-electron chi connectivity index (χ2n) is 13.7. The van der Waals surface area contributed by atoms with Gasteiger partial charge in [-0.2, -0.15) is 0 Å². The van der Waals surface area contributed by atoms with E-state index in [1.54, 1.807) is 0 Å². The molecule has 4 heteroatoms. The van der Waals surface area contributed by atoms with Crippen molar-refractivity contribution in [3.63, 3.8) is 0 Å². The van der Waals surface area contributed by atoms with Crippen LogP contribution in [0.25, 0.3) is 81.8 Å². The summed E-state index contributed by atoms with van der Waals surface area (Å²) in [7, 11) is 0. The third-order valence-corrected chi connectivity index (χ3v) is 10.9. The van der Waals surface area contributed by atoms with Crippen molar-refractivity contribution in [3.8, 4) is 11.1 Å². The summed E-state index contributed by atoms with van der Waals surface area (Å²) in [5, 5.41) is 28.9. The van der Waals surface area contributed by atoms with Crippen LogP contribution in [0.4, 0.5) is 0 Å². The molecule has 0 aliphatic rings. The molecule has 8 aromatic carbocycles. The Kier molecular flexibility index (Phi) is 5.93. The minimum Gasteiger partial charge on any atom is -0.308 e. The first kappa shape index (κ1) is 28.8. The summed E-state index contributed by atoms with van der Waals surface area (Å²) in [6.45, 7) is 0. The molecule has 3 aromatic heterocycles. The van der Waals surface area contributed by atoms with E-state index in [1.165, 1.54) is 43.5 Å². The molecule has 11 rings (SSSR count). The fraction of sp³-hybridized carbons (Fsp3) is 0. The van der Waals surface area contributed by atoms with E-state index in [0.29, 0.717) is 17.1 Å². The van der Waals surface area contributed by atoms with E-state index in [4.69, 9.17) is 0 Å². The number of aromatic nitrogens is 2. The lowest BCUT2D eigenvalue weighted by molar-refractivity contribution is 1.22. The molecule has 0 bridgehead atoms. The van der Waals surface area contributed by atoms with E-state index < -0.39 is 0 Å². The molecule has 3 heterocycles. The quantitative estimate of drug-likeness (QED) is 0.139. The number of nitrogens with zero attached hydrogens (tertiary/aromatic N) is 2. The van der Waals surface area contributed by atoms with Crippen molar-refractivity contribution >= 4 is 82.2 Å². The lowest BCUT2D eigenvalue weighted by Gasteiger charge is -2.15. The number of fused-ring (bicyclic) bond motifs is 11. The summed E-state index contributed by atoms with van der Waals surface area (Å²) in [5.41, 5.74) is 10.5. The van der Waals surface area contributed by atoms with Crippen molar-refractivity contribution in [2.24, 2.45) is 0 Å². The Morgan fingerprint density at radius 2 is 1.00 bits per heavy atom. The standard InChI is InChI=1S/C48H30N4/c49-46(31-24-22-30(23-25-31)29-12-2-1-3-13-29)35-17-6-7-18-36(35)48(50)52-42-27-33-15-5-4-14-32(33)26-39(42)44-43(52)28-38-34-16-8-10-20-40(34)51-41-21-11-9-19-37(41)45(44)47(38)51/h1-28,49-50H. The highest BCUT2D eigenvalue weighted by molar-refractivity contribution is 6.37. The topological polar surface area (TPSA) is 57.0 Å². The second kappa shape index (κ2) is 10.7. The molecule has 52 heavy (non-hydrogen) atoms. The van der Waals surface area contributed by atoms with Crippen LogP contribution in [0.1, 0.15) is 16.7 Å². The van der Waals surface area contributed by atoms with E-state index in [1.807, 2.05) is 54.6 Å². The predicted octanol–water partition coefficient (Wildman–Crippen LogP) is 12.1. The first-order valence-electron chi connectivity index (χ1n) is 17.6. The second-order valence-corrected chi connectivity index (χ2v) is 13.7. The Morgan fingerprint density at radius 1 is 0.404 bits per heavy atom. The summed E-state index contributed by atoms with van der Waals surface area (Å²) < 4.78 is 4.55. The van der Waals surface area contributed by atoms with E-state index in [9.17, 15) is 10.8 Å². The van der Waals surface area contributed by atoms with Crippen LogP contribution in [0.15, 0.2) is 170 Å². The molecule has 4 nitrogen and oxygen atoms in total. The zero-order chi connectivity index (χ0) is 34.5.